The Labute approximate surface area is 223 Å². The Kier molecular flexibility index (Phi) is 9.70. The van der Waals surface area contributed by atoms with E-state index >= 15 is 0 Å². The highest BCUT2D eigenvalue weighted by atomic mass is 35.5. The van der Waals surface area contributed by atoms with Gasteiger partial charge in [-0.25, -0.2) is 9.67 Å². The molecule has 5 nitrogen and oxygen atoms in total. The maximum Gasteiger partial charge on any atom is 0.274 e. The zero-order chi connectivity index (χ0) is 22.6. The zero-order valence-corrected chi connectivity index (χ0v) is 21.7. The van der Waals surface area contributed by atoms with E-state index in [1.165, 1.54) is 5.69 Å². The molecule has 35 heavy (non-hydrogen) atoms. The first kappa shape index (κ1) is 27.2. The van der Waals surface area contributed by atoms with Gasteiger partial charge in [-0.15, -0.1) is 0 Å². The molecule has 1 fully saturated rings. The van der Waals surface area contributed by atoms with E-state index in [-0.39, 0.29) is 36.4 Å². The van der Waals surface area contributed by atoms with Crippen LogP contribution in [0.15, 0.2) is 77.7 Å². The van der Waals surface area contributed by atoms with Crippen molar-refractivity contribution in [3.05, 3.63) is 105 Å². The van der Waals surface area contributed by atoms with E-state index < -0.39 is 0 Å². The van der Waals surface area contributed by atoms with Gasteiger partial charge in [0.05, 0.1) is 30.2 Å². The molecule has 8 heteroatoms. The molecule has 1 aliphatic rings. The molecule has 0 radical (unpaired) electrons. The van der Waals surface area contributed by atoms with Gasteiger partial charge in [0.25, 0.3) is 5.56 Å². The van der Waals surface area contributed by atoms with Gasteiger partial charge in [-0.2, -0.15) is 5.10 Å². The number of fused-ring (bicyclic) bond motifs is 1. The number of pyridine rings is 1. The largest absolute Gasteiger partial charge is 1.00 e. The third-order valence-corrected chi connectivity index (χ3v) is 6.90. The lowest BCUT2D eigenvalue weighted by molar-refractivity contribution is -0.917. The van der Waals surface area contributed by atoms with Crippen molar-refractivity contribution >= 4 is 22.4 Å². The summed E-state index contributed by atoms with van der Waals surface area (Å²) < 4.78 is 1.78. The number of aromatic nitrogens is 3. The molecule has 1 aliphatic heterocycles. The number of likely N-dealkylation sites (tertiary alicyclic amines) is 1. The Bertz CT molecular complexity index is 1300. The first-order valence-electron chi connectivity index (χ1n) is 11.7. The number of nitrogens with zero attached hydrogens (tertiary/aromatic N) is 2. The van der Waals surface area contributed by atoms with Gasteiger partial charge in [-0.1, -0.05) is 41.9 Å². The summed E-state index contributed by atoms with van der Waals surface area (Å²) in [7, 11) is 0. The Morgan fingerprint density at radius 2 is 1.69 bits per heavy atom. The number of H-pyrrole nitrogens is 1. The van der Waals surface area contributed by atoms with E-state index in [1.807, 2.05) is 60.8 Å². The van der Waals surface area contributed by atoms with Gasteiger partial charge >= 0.3 is 0 Å². The monoisotopic (exact) mass is 530 g/mol. The van der Waals surface area contributed by atoms with Gasteiger partial charge < -0.3 is 29.7 Å². The summed E-state index contributed by atoms with van der Waals surface area (Å²) in [4.78, 5) is 18.3. The molecule has 0 spiro atoms. The summed E-state index contributed by atoms with van der Waals surface area (Å²) in [5, 5.41) is 7.36. The fourth-order valence-corrected chi connectivity index (χ4v) is 5.03. The minimum Gasteiger partial charge on any atom is -1.00 e. The molecule has 5 rings (SSSR count). The molecule has 4 aromatic rings. The zero-order valence-electron chi connectivity index (χ0n) is 19.4. The van der Waals surface area contributed by atoms with E-state index in [2.05, 4.69) is 17.1 Å². The summed E-state index contributed by atoms with van der Waals surface area (Å²) in [5.41, 5.74) is 3.35. The Balaban J connectivity index is 0.00000171. The molecule has 1 saturated heterocycles. The molecule has 2 aromatic carbocycles. The number of hydrogen-bond acceptors (Lipinski definition) is 2. The van der Waals surface area contributed by atoms with Crippen molar-refractivity contribution in [2.45, 2.75) is 38.3 Å². The van der Waals surface area contributed by atoms with Crippen LogP contribution in [0.5, 0.6) is 0 Å². The number of rotatable bonds is 5. The molecule has 0 bridgehead atoms. The molecule has 2 unspecified atom stereocenters. The van der Waals surface area contributed by atoms with Gasteiger partial charge in [-0.3, -0.25) is 4.79 Å². The Morgan fingerprint density at radius 3 is 2.43 bits per heavy atom. The number of quaternary nitrogens is 1. The van der Waals surface area contributed by atoms with Gasteiger partial charge in [0, 0.05) is 35.4 Å². The molecule has 0 aliphatic carbocycles. The van der Waals surface area contributed by atoms with E-state index in [0.717, 1.165) is 65.9 Å². The highest BCUT2D eigenvalue weighted by molar-refractivity contribution is 6.30. The molecule has 0 amide bonds. The third-order valence-electron chi connectivity index (χ3n) is 6.65. The fraction of sp³-hybridized carbons (Fsp3) is 0.296. The lowest BCUT2D eigenvalue weighted by atomic mass is 10.0. The van der Waals surface area contributed by atoms with Crippen LogP contribution in [-0.4, -0.2) is 22.9 Å². The average molecular weight is 532 g/mol. The number of nitrogens with one attached hydrogen (secondary N) is 2. The fourth-order valence-electron chi connectivity index (χ4n) is 4.91. The number of hydrogen-bond donors (Lipinski definition) is 1. The molecule has 2 N–H and O–H groups in total. The average Bonchev–Trinajstić information content (AvgIpc) is 3.08. The van der Waals surface area contributed by atoms with Crippen LogP contribution < -0.4 is 40.3 Å². The summed E-state index contributed by atoms with van der Waals surface area (Å²) in [5.74, 6) is 0. The summed E-state index contributed by atoms with van der Waals surface area (Å²) in [6, 6.07) is 22.1. The lowest BCUT2D eigenvalue weighted by Crippen LogP contribution is -3.10. The van der Waals surface area contributed by atoms with Gasteiger partial charge in [0.15, 0.2) is 12.7 Å². The molecule has 2 atom stereocenters. The Morgan fingerprint density at radius 1 is 0.943 bits per heavy atom. The van der Waals surface area contributed by atoms with Crippen LogP contribution in [-0.2, 0) is 13.0 Å². The van der Waals surface area contributed by atoms with Crippen LogP contribution in [0.1, 0.15) is 42.3 Å². The minimum absolute atomic E-state index is 0. The summed E-state index contributed by atoms with van der Waals surface area (Å²) >= 11 is 6.07. The van der Waals surface area contributed by atoms with Crippen LogP contribution in [0, 0.1) is 0 Å². The smallest absolute Gasteiger partial charge is 0.274 e. The van der Waals surface area contributed by atoms with Crippen molar-refractivity contribution in [1.82, 2.24) is 9.78 Å². The molecular weight excluding hydrogens is 503 g/mol. The predicted molar refractivity (Wildman–Crippen MR) is 131 cm³/mol. The lowest BCUT2D eigenvalue weighted by Gasteiger charge is -2.19. The maximum absolute atomic E-state index is 13.4. The maximum atomic E-state index is 13.4. The van der Waals surface area contributed by atoms with Crippen LogP contribution in [0.25, 0.3) is 10.8 Å². The van der Waals surface area contributed by atoms with Gasteiger partial charge in [0.2, 0.25) is 5.69 Å². The van der Waals surface area contributed by atoms with E-state index in [1.54, 1.807) is 9.58 Å². The van der Waals surface area contributed by atoms with Crippen LogP contribution in [0.4, 0.5) is 0 Å². The van der Waals surface area contributed by atoms with Crippen LogP contribution in [0.2, 0.25) is 5.02 Å². The molecule has 3 heterocycles. The van der Waals surface area contributed by atoms with Crippen LogP contribution >= 0.6 is 11.6 Å². The first-order valence-corrected chi connectivity index (χ1v) is 12.1. The second-order valence-electron chi connectivity index (χ2n) is 8.94. The van der Waals surface area contributed by atoms with Gasteiger partial charge in [-0.05, 0) is 42.7 Å². The second kappa shape index (κ2) is 12.5. The standard InChI is InChI=1S/C27H27ClN4O.2ClH/c28-21-12-10-20(11-13-21)18-26-24-8-1-2-9-25(24)27(33)32(30-26)23-7-5-16-31(17-14-23)19-22-6-3-4-15-29-22;;/h1-4,6,8-13,15,23H,5,7,14,16-19H2;2*1H. The molecular formula is C27H29Cl3N4O. The van der Waals surface area contributed by atoms with Crippen molar-refractivity contribution in [3.63, 3.8) is 0 Å². The van der Waals surface area contributed by atoms with E-state index in [0.29, 0.717) is 6.42 Å². The van der Waals surface area contributed by atoms with E-state index in [9.17, 15) is 4.79 Å². The van der Waals surface area contributed by atoms with Crippen LogP contribution in [0.3, 0.4) is 0 Å². The number of benzene rings is 2. The third kappa shape index (κ3) is 6.42. The number of halogens is 3. The predicted octanol–water partition coefficient (Wildman–Crippen LogP) is -2.73. The van der Waals surface area contributed by atoms with Crippen molar-refractivity contribution in [2.24, 2.45) is 0 Å². The van der Waals surface area contributed by atoms with Gasteiger partial charge in [0.1, 0.15) is 0 Å². The SMILES string of the molecule is O=c1c2ccccc2c(Cc2ccc(Cl)cc2)nn1C1CCC[NH+](Cc2cccc[nH+]2)CC1.[Cl-].[Cl-]. The van der Waals surface area contributed by atoms with E-state index in [4.69, 9.17) is 16.7 Å². The molecule has 0 saturated carbocycles. The molecule has 184 valence electrons. The Hall–Kier alpha value is -2.44. The number of aromatic amines is 1. The second-order valence-corrected chi connectivity index (χ2v) is 9.38. The van der Waals surface area contributed by atoms with Crippen molar-refractivity contribution < 1.29 is 34.7 Å². The summed E-state index contributed by atoms with van der Waals surface area (Å²) in [6.45, 7) is 3.12. The first-order chi connectivity index (χ1) is 16.2. The normalized spacial score (nSPS) is 17.7. The van der Waals surface area contributed by atoms with Crippen molar-refractivity contribution in [2.75, 3.05) is 13.1 Å². The minimum atomic E-state index is 0. The summed E-state index contributed by atoms with van der Waals surface area (Å²) in [6.07, 6.45) is 5.67. The highest BCUT2D eigenvalue weighted by Gasteiger charge is 2.25. The molecule has 2 aromatic heterocycles. The van der Waals surface area contributed by atoms with Crippen molar-refractivity contribution in [1.29, 1.82) is 0 Å². The highest BCUT2D eigenvalue weighted by Crippen LogP contribution is 2.22. The quantitative estimate of drug-likeness (QED) is 0.304. The van der Waals surface area contributed by atoms with Crippen molar-refractivity contribution in [3.8, 4) is 0 Å². The topological polar surface area (TPSA) is 53.5 Å².